The van der Waals surface area contributed by atoms with Crippen LogP contribution in [0.15, 0.2) is 72.8 Å². The predicted octanol–water partition coefficient (Wildman–Crippen LogP) is 4.51. The van der Waals surface area contributed by atoms with Crippen LogP contribution in [0.1, 0.15) is 22.7 Å². The van der Waals surface area contributed by atoms with E-state index in [2.05, 4.69) is 21.2 Å². The lowest BCUT2D eigenvalue weighted by molar-refractivity contribution is -0.121. The van der Waals surface area contributed by atoms with E-state index in [1.165, 1.54) is 0 Å². The van der Waals surface area contributed by atoms with Crippen molar-refractivity contribution in [1.82, 2.24) is 4.90 Å². The molecule has 0 aromatic heterocycles. The van der Waals surface area contributed by atoms with Gasteiger partial charge in [0, 0.05) is 37.6 Å². The number of hydrogen-bond acceptors (Lipinski definition) is 4. The van der Waals surface area contributed by atoms with Gasteiger partial charge >= 0.3 is 0 Å². The van der Waals surface area contributed by atoms with Gasteiger partial charge in [0.2, 0.25) is 5.91 Å². The molecule has 4 rings (SSSR count). The van der Waals surface area contributed by atoms with Crippen molar-refractivity contribution in [2.24, 2.45) is 0 Å². The lowest BCUT2D eigenvalue weighted by Crippen LogP contribution is -2.50. The van der Waals surface area contributed by atoms with Gasteiger partial charge in [-0.05, 0) is 60.9 Å². The highest BCUT2D eigenvalue weighted by molar-refractivity contribution is 5.96. The monoisotopic (exact) mass is 415 g/mol. The van der Waals surface area contributed by atoms with Crippen molar-refractivity contribution in [1.29, 1.82) is 0 Å². The van der Waals surface area contributed by atoms with E-state index in [9.17, 15) is 9.90 Å². The normalized spacial score (nSPS) is 15.5. The summed E-state index contributed by atoms with van der Waals surface area (Å²) in [5, 5.41) is 12.7. The summed E-state index contributed by atoms with van der Waals surface area (Å²) in [5.74, 6) is 0.271. The second-order valence-corrected chi connectivity index (χ2v) is 8.16. The molecule has 0 aliphatic carbocycles. The van der Waals surface area contributed by atoms with Gasteiger partial charge in [0.05, 0.1) is 0 Å². The highest BCUT2D eigenvalue weighted by Gasteiger charge is 2.30. The van der Waals surface area contributed by atoms with Gasteiger partial charge < -0.3 is 15.3 Å². The predicted molar refractivity (Wildman–Crippen MR) is 126 cm³/mol. The van der Waals surface area contributed by atoms with E-state index in [-0.39, 0.29) is 17.7 Å². The molecule has 160 valence electrons. The number of nitrogens with one attached hydrogen (secondary N) is 1. The zero-order chi connectivity index (χ0) is 21.8. The molecule has 1 amide bonds. The number of benzene rings is 3. The first-order valence-corrected chi connectivity index (χ1v) is 10.7. The summed E-state index contributed by atoms with van der Waals surface area (Å²) in [4.78, 5) is 18.0. The fourth-order valence-corrected chi connectivity index (χ4v) is 4.14. The average Bonchev–Trinajstić information content (AvgIpc) is 2.78. The van der Waals surface area contributed by atoms with Crippen LogP contribution in [0.4, 0.5) is 11.4 Å². The number of anilines is 2. The van der Waals surface area contributed by atoms with Gasteiger partial charge in [-0.1, -0.05) is 42.5 Å². The van der Waals surface area contributed by atoms with E-state index in [0.717, 1.165) is 54.2 Å². The summed E-state index contributed by atoms with van der Waals surface area (Å²) in [6.45, 7) is 7.26. The van der Waals surface area contributed by atoms with Crippen molar-refractivity contribution < 1.29 is 9.90 Å². The third-order valence-electron chi connectivity index (χ3n) is 5.91. The molecule has 1 aliphatic rings. The Labute approximate surface area is 183 Å². The molecule has 5 nitrogen and oxygen atoms in total. The minimum atomic E-state index is -0.344. The molecular weight excluding hydrogens is 386 g/mol. The molecule has 3 aromatic carbocycles. The Bertz CT molecular complexity index is 1030. The van der Waals surface area contributed by atoms with Crippen LogP contribution in [0.5, 0.6) is 5.75 Å². The first-order valence-electron chi connectivity index (χ1n) is 10.7. The van der Waals surface area contributed by atoms with Crippen molar-refractivity contribution >= 4 is 17.3 Å². The molecule has 5 heteroatoms. The Morgan fingerprint density at radius 1 is 0.903 bits per heavy atom. The molecule has 0 spiro atoms. The number of hydrogen-bond donors (Lipinski definition) is 2. The zero-order valence-electron chi connectivity index (χ0n) is 18.1. The Hall–Kier alpha value is -3.31. The van der Waals surface area contributed by atoms with E-state index in [1.54, 1.807) is 12.1 Å². The molecule has 0 bridgehead atoms. The van der Waals surface area contributed by atoms with E-state index in [4.69, 9.17) is 0 Å². The lowest BCUT2D eigenvalue weighted by atomic mass is 10.0. The molecule has 0 radical (unpaired) electrons. The topological polar surface area (TPSA) is 55.8 Å². The standard InChI is InChI=1S/C26H29N3O2/c1-19-8-9-20(2)24(18-19)27-26(31)25(21-6-4-3-5-7-21)29-16-14-28(15-17-29)22-10-12-23(30)13-11-22/h3-13,18,25,30H,14-17H2,1-2H3,(H,27,31)/t25-/m1/s1. The van der Waals surface area contributed by atoms with Crippen LogP contribution in [0.2, 0.25) is 0 Å². The number of rotatable bonds is 5. The number of carbonyl (C=O) groups is 1. The maximum absolute atomic E-state index is 13.5. The molecule has 1 atom stereocenters. The Morgan fingerprint density at radius 3 is 2.26 bits per heavy atom. The van der Waals surface area contributed by atoms with Crippen molar-refractivity contribution in [3.63, 3.8) is 0 Å². The Balaban J connectivity index is 1.53. The Kier molecular flexibility index (Phi) is 6.23. The summed E-state index contributed by atoms with van der Waals surface area (Å²) in [5.41, 5.74) is 5.15. The van der Waals surface area contributed by atoms with E-state index in [0.29, 0.717) is 0 Å². The number of phenols is 1. The third-order valence-corrected chi connectivity index (χ3v) is 5.91. The number of phenolic OH excluding ortho intramolecular Hbond substituents is 1. The minimum Gasteiger partial charge on any atom is -0.508 e. The van der Waals surface area contributed by atoms with E-state index < -0.39 is 0 Å². The summed E-state index contributed by atoms with van der Waals surface area (Å²) < 4.78 is 0. The second-order valence-electron chi connectivity index (χ2n) is 8.16. The minimum absolute atomic E-state index is 0.00187. The molecule has 1 aliphatic heterocycles. The van der Waals surface area contributed by atoms with E-state index >= 15 is 0 Å². The fourth-order valence-electron chi connectivity index (χ4n) is 4.14. The van der Waals surface area contributed by atoms with Gasteiger partial charge in [0.1, 0.15) is 11.8 Å². The van der Waals surface area contributed by atoms with Gasteiger partial charge in [-0.25, -0.2) is 0 Å². The fraction of sp³-hybridized carbons (Fsp3) is 0.269. The molecule has 0 unspecified atom stereocenters. The van der Waals surface area contributed by atoms with Gasteiger partial charge in [-0.2, -0.15) is 0 Å². The number of piperazine rings is 1. The SMILES string of the molecule is Cc1ccc(C)c(NC(=O)[C@@H](c2ccccc2)N2CCN(c3ccc(O)cc3)CC2)c1. The third kappa shape index (κ3) is 4.89. The smallest absolute Gasteiger partial charge is 0.246 e. The van der Waals surface area contributed by atoms with Crippen LogP contribution in [0.25, 0.3) is 0 Å². The first kappa shape index (κ1) is 20.9. The van der Waals surface area contributed by atoms with Gasteiger partial charge in [-0.3, -0.25) is 9.69 Å². The number of aromatic hydroxyl groups is 1. The number of aryl methyl sites for hydroxylation is 2. The molecule has 31 heavy (non-hydrogen) atoms. The molecule has 3 aromatic rings. The zero-order valence-corrected chi connectivity index (χ0v) is 18.1. The first-order chi connectivity index (χ1) is 15.0. The highest BCUT2D eigenvalue weighted by Crippen LogP contribution is 2.27. The number of nitrogens with zero attached hydrogens (tertiary/aromatic N) is 2. The van der Waals surface area contributed by atoms with Crippen molar-refractivity contribution in [2.75, 3.05) is 36.4 Å². The van der Waals surface area contributed by atoms with Gasteiger partial charge in [-0.15, -0.1) is 0 Å². The Morgan fingerprint density at radius 2 is 1.58 bits per heavy atom. The lowest BCUT2D eigenvalue weighted by Gasteiger charge is -2.39. The second kappa shape index (κ2) is 9.23. The summed E-state index contributed by atoms with van der Waals surface area (Å²) in [7, 11) is 0. The van der Waals surface area contributed by atoms with Crippen LogP contribution in [0.3, 0.4) is 0 Å². The maximum Gasteiger partial charge on any atom is 0.246 e. The van der Waals surface area contributed by atoms with Crippen molar-refractivity contribution in [2.45, 2.75) is 19.9 Å². The molecule has 1 saturated heterocycles. The summed E-state index contributed by atoms with van der Waals surface area (Å²) in [6, 6.07) is 23.1. The molecular formula is C26H29N3O2. The van der Waals surface area contributed by atoms with Gasteiger partial charge in [0.25, 0.3) is 0 Å². The maximum atomic E-state index is 13.5. The van der Waals surface area contributed by atoms with Crippen LogP contribution in [0, 0.1) is 13.8 Å². The van der Waals surface area contributed by atoms with Crippen molar-refractivity contribution in [3.8, 4) is 5.75 Å². The molecule has 0 saturated carbocycles. The van der Waals surface area contributed by atoms with Crippen molar-refractivity contribution in [3.05, 3.63) is 89.5 Å². The summed E-state index contributed by atoms with van der Waals surface area (Å²) in [6.07, 6.45) is 0. The highest BCUT2D eigenvalue weighted by atomic mass is 16.3. The van der Waals surface area contributed by atoms with Gasteiger partial charge in [0.15, 0.2) is 0 Å². The molecule has 1 heterocycles. The van der Waals surface area contributed by atoms with Crippen LogP contribution >= 0.6 is 0 Å². The number of amides is 1. The number of carbonyl (C=O) groups excluding carboxylic acids is 1. The quantitative estimate of drug-likeness (QED) is 0.644. The summed E-state index contributed by atoms with van der Waals surface area (Å²) >= 11 is 0. The van der Waals surface area contributed by atoms with E-state index in [1.807, 2.05) is 68.4 Å². The van der Waals surface area contributed by atoms with Crippen LogP contribution in [-0.2, 0) is 4.79 Å². The van der Waals surface area contributed by atoms with Crippen LogP contribution < -0.4 is 10.2 Å². The van der Waals surface area contributed by atoms with Crippen LogP contribution in [-0.4, -0.2) is 42.1 Å². The molecule has 1 fully saturated rings. The average molecular weight is 416 g/mol. The molecule has 2 N–H and O–H groups in total. The largest absolute Gasteiger partial charge is 0.508 e.